The van der Waals surface area contributed by atoms with Crippen molar-refractivity contribution >= 4 is 5.91 Å². The van der Waals surface area contributed by atoms with Crippen LogP contribution in [-0.4, -0.2) is 25.0 Å². The average molecular weight is 254 g/mol. The van der Waals surface area contributed by atoms with Gasteiger partial charge in [0.25, 0.3) is 0 Å². The first-order valence-corrected chi connectivity index (χ1v) is 7.50. The first kappa shape index (κ1) is 15.5. The molecule has 18 heavy (non-hydrogen) atoms. The molecule has 0 bridgehead atoms. The Bertz CT molecular complexity index is 237. The van der Waals surface area contributed by atoms with Crippen molar-refractivity contribution in [2.45, 2.75) is 59.4 Å². The van der Waals surface area contributed by atoms with E-state index in [0.717, 1.165) is 6.54 Å². The second-order valence-electron chi connectivity index (χ2n) is 6.32. The van der Waals surface area contributed by atoms with Crippen molar-refractivity contribution in [2.75, 3.05) is 13.1 Å². The summed E-state index contributed by atoms with van der Waals surface area (Å²) < 4.78 is 0. The van der Waals surface area contributed by atoms with Crippen molar-refractivity contribution in [1.29, 1.82) is 0 Å². The van der Waals surface area contributed by atoms with Crippen LogP contribution in [0.1, 0.15) is 53.4 Å². The molecule has 2 N–H and O–H groups in total. The maximum absolute atomic E-state index is 11.8. The van der Waals surface area contributed by atoms with Crippen molar-refractivity contribution in [1.82, 2.24) is 10.6 Å². The summed E-state index contributed by atoms with van der Waals surface area (Å²) in [6, 6.07) is 0.571. The van der Waals surface area contributed by atoms with E-state index >= 15 is 0 Å². The van der Waals surface area contributed by atoms with Crippen LogP contribution in [0, 0.1) is 17.8 Å². The van der Waals surface area contributed by atoms with E-state index in [1.54, 1.807) is 0 Å². The Labute approximate surface area is 112 Å². The maximum atomic E-state index is 11.8. The lowest BCUT2D eigenvalue weighted by Crippen LogP contribution is -2.41. The smallest absolute Gasteiger partial charge is 0.233 e. The number of carbonyl (C=O) groups excluding carboxylic acids is 1. The second-order valence-corrected chi connectivity index (χ2v) is 6.32. The summed E-state index contributed by atoms with van der Waals surface area (Å²) in [4.78, 5) is 11.8. The highest BCUT2D eigenvalue weighted by Gasteiger charge is 2.19. The predicted molar refractivity (Wildman–Crippen MR) is 76.4 cm³/mol. The fourth-order valence-electron chi connectivity index (χ4n) is 2.90. The average Bonchev–Trinajstić information content (AvgIpc) is 2.78. The topological polar surface area (TPSA) is 41.1 Å². The van der Waals surface area contributed by atoms with Gasteiger partial charge < -0.3 is 10.6 Å². The van der Waals surface area contributed by atoms with E-state index in [4.69, 9.17) is 0 Å². The molecule has 0 atom stereocenters. The van der Waals surface area contributed by atoms with Gasteiger partial charge >= 0.3 is 0 Å². The predicted octanol–water partition coefficient (Wildman–Crippen LogP) is 2.56. The molecular weight excluding hydrogens is 224 g/mol. The van der Waals surface area contributed by atoms with Crippen LogP contribution in [0.3, 0.4) is 0 Å². The summed E-state index contributed by atoms with van der Waals surface area (Å²) in [5.74, 6) is 1.95. The summed E-state index contributed by atoms with van der Waals surface area (Å²) in [5.41, 5.74) is 0. The Morgan fingerprint density at radius 1 is 1.11 bits per heavy atom. The van der Waals surface area contributed by atoms with Crippen LogP contribution in [-0.2, 0) is 4.79 Å². The number of hydrogen-bond donors (Lipinski definition) is 2. The molecular formula is C15H30N2O. The van der Waals surface area contributed by atoms with E-state index in [2.05, 4.69) is 38.3 Å². The lowest BCUT2D eigenvalue weighted by atomic mass is 9.85. The standard InChI is InChI=1S/C15H30N2O/c1-11(2)14(12(3)4)9-17-15(18)10-16-13-7-5-6-8-13/h11-14,16H,5-10H2,1-4H3,(H,17,18). The fraction of sp³-hybridized carbons (Fsp3) is 0.933. The molecule has 3 nitrogen and oxygen atoms in total. The number of hydrogen-bond acceptors (Lipinski definition) is 2. The zero-order chi connectivity index (χ0) is 13.5. The van der Waals surface area contributed by atoms with Crippen molar-refractivity contribution in [3.05, 3.63) is 0 Å². The molecule has 0 spiro atoms. The minimum absolute atomic E-state index is 0.146. The van der Waals surface area contributed by atoms with Gasteiger partial charge in [-0.25, -0.2) is 0 Å². The molecule has 0 saturated heterocycles. The Balaban J connectivity index is 2.18. The highest BCUT2D eigenvalue weighted by atomic mass is 16.1. The van der Waals surface area contributed by atoms with E-state index in [-0.39, 0.29) is 5.91 Å². The Hall–Kier alpha value is -0.570. The van der Waals surface area contributed by atoms with Gasteiger partial charge in [0.1, 0.15) is 0 Å². The van der Waals surface area contributed by atoms with Gasteiger partial charge in [-0.1, -0.05) is 40.5 Å². The van der Waals surface area contributed by atoms with E-state index < -0.39 is 0 Å². The highest BCUT2D eigenvalue weighted by Crippen LogP contribution is 2.19. The van der Waals surface area contributed by atoms with Gasteiger partial charge in [-0.3, -0.25) is 4.79 Å². The first-order valence-electron chi connectivity index (χ1n) is 7.50. The largest absolute Gasteiger partial charge is 0.355 e. The van der Waals surface area contributed by atoms with E-state index in [1.165, 1.54) is 25.7 Å². The second kappa shape index (κ2) is 7.78. The lowest BCUT2D eigenvalue weighted by Gasteiger charge is -2.25. The van der Waals surface area contributed by atoms with E-state index in [0.29, 0.717) is 30.3 Å². The SMILES string of the molecule is CC(C)C(CNC(=O)CNC1CCCC1)C(C)C. The summed E-state index contributed by atoms with van der Waals surface area (Å²) in [5, 5.41) is 6.42. The van der Waals surface area contributed by atoms with Gasteiger partial charge in [0.2, 0.25) is 5.91 Å². The third kappa shape index (κ3) is 5.38. The molecule has 0 heterocycles. The molecule has 1 fully saturated rings. The molecule has 1 saturated carbocycles. The van der Waals surface area contributed by atoms with Crippen LogP contribution in [0.4, 0.5) is 0 Å². The Morgan fingerprint density at radius 2 is 1.67 bits per heavy atom. The van der Waals surface area contributed by atoms with Crippen LogP contribution in [0.25, 0.3) is 0 Å². The Morgan fingerprint density at radius 3 is 2.17 bits per heavy atom. The van der Waals surface area contributed by atoms with Crippen LogP contribution < -0.4 is 10.6 Å². The molecule has 0 aromatic carbocycles. The quantitative estimate of drug-likeness (QED) is 0.733. The molecule has 0 aromatic rings. The normalized spacial score (nSPS) is 17.1. The summed E-state index contributed by atoms with van der Waals surface area (Å²) in [6.07, 6.45) is 5.08. The van der Waals surface area contributed by atoms with Crippen molar-refractivity contribution in [3.63, 3.8) is 0 Å². The number of rotatable bonds is 7. The summed E-state index contributed by atoms with van der Waals surface area (Å²) >= 11 is 0. The highest BCUT2D eigenvalue weighted by molar-refractivity contribution is 5.78. The number of amides is 1. The van der Waals surface area contributed by atoms with Crippen molar-refractivity contribution in [2.24, 2.45) is 17.8 Å². The van der Waals surface area contributed by atoms with Gasteiger partial charge in [-0.15, -0.1) is 0 Å². The molecule has 1 amide bonds. The molecule has 1 rings (SSSR count). The summed E-state index contributed by atoms with van der Waals surface area (Å²) in [7, 11) is 0. The molecule has 1 aliphatic carbocycles. The number of carbonyl (C=O) groups is 1. The van der Waals surface area contributed by atoms with Crippen LogP contribution in [0.2, 0.25) is 0 Å². The maximum Gasteiger partial charge on any atom is 0.233 e. The Kier molecular flexibility index (Phi) is 6.69. The lowest BCUT2D eigenvalue weighted by molar-refractivity contribution is -0.120. The zero-order valence-electron chi connectivity index (χ0n) is 12.5. The molecule has 0 unspecified atom stereocenters. The monoisotopic (exact) mass is 254 g/mol. The minimum Gasteiger partial charge on any atom is -0.355 e. The molecule has 3 heteroatoms. The third-order valence-corrected chi connectivity index (χ3v) is 4.15. The van der Waals surface area contributed by atoms with Gasteiger partial charge in [0.15, 0.2) is 0 Å². The summed E-state index contributed by atoms with van der Waals surface area (Å²) in [6.45, 7) is 10.2. The van der Waals surface area contributed by atoms with E-state index in [9.17, 15) is 4.79 Å². The van der Waals surface area contributed by atoms with Gasteiger partial charge in [0.05, 0.1) is 6.54 Å². The number of nitrogens with one attached hydrogen (secondary N) is 2. The van der Waals surface area contributed by atoms with Gasteiger partial charge in [-0.2, -0.15) is 0 Å². The zero-order valence-corrected chi connectivity index (χ0v) is 12.5. The molecule has 0 aromatic heterocycles. The third-order valence-electron chi connectivity index (χ3n) is 4.15. The fourth-order valence-corrected chi connectivity index (χ4v) is 2.90. The van der Waals surface area contributed by atoms with Gasteiger partial charge in [0, 0.05) is 12.6 Å². The molecule has 106 valence electrons. The molecule has 1 aliphatic rings. The molecule has 0 radical (unpaired) electrons. The molecule has 0 aliphatic heterocycles. The van der Waals surface area contributed by atoms with Crippen LogP contribution in [0.15, 0.2) is 0 Å². The van der Waals surface area contributed by atoms with E-state index in [1.807, 2.05) is 0 Å². The van der Waals surface area contributed by atoms with Crippen molar-refractivity contribution in [3.8, 4) is 0 Å². The first-order chi connectivity index (χ1) is 8.50. The van der Waals surface area contributed by atoms with Crippen LogP contribution in [0.5, 0.6) is 0 Å². The van der Waals surface area contributed by atoms with Crippen LogP contribution >= 0.6 is 0 Å². The van der Waals surface area contributed by atoms with Crippen molar-refractivity contribution < 1.29 is 4.79 Å². The minimum atomic E-state index is 0.146. The van der Waals surface area contributed by atoms with Gasteiger partial charge in [-0.05, 0) is 30.6 Å².